The maximum atomic E-state index is 6.06. The van der Waals surface area contributed by atoms with Crippen molar-refractivity contribution in [3.8, 4) is 0 Å². The Balaban J connectivity index is 1.39. The van der Waals surface area contributed by atoms with Gasteiger partial charge in [0.25, 0.3) is 0 Å². The maximum absolute atomic E-state index is 6.06. The molecule has 23 heavy (non-hydrogen) atoms. The topological polar surface area (TPSA) is 41.1 Å². The molecular weight excluding hydrogens is 328 g/mol. The van der Waals surface area contributed by atoms with Gasteiger partial charge in [-0.2, -0.15) is 4.98 Å². The molecule has 3 heterocycles. The summed E-state index contributed by atoms with van der Waals surface area (Å²) in [6.07, 6.45) is 9.21. The number of nitrogens with one attached hydrogen (secondary N) is 1. The zero-order valence-electron chi connectivity index (χ0n) is 13.3. The number of anilines is 1. The zero-order valence-corrected chi connectivity index (χ0v) is 14.9. The molecule has 2 fully saturated rings. The quantitative estimate of drug-likeness (QED) is 0.824. The zero-order chi connectivity index (χ0) is 15.6. The van der Waals surface area contributed by atoms with Gasteiger partial charge in [-0.15, -0.1) is 11.3 Å². The third-order valence-corrected chi connectivity index (χ3v) is 6.30. The molecule has 1 aliphatic heterocycles. The molecule has 1 aliphatic carbocycles. The molecule has 1 saturated carbocycles. The fourth-order valence-corrected chi connectivity index (χ4v) is 4.95. The number of thiophene rings is 1. The van der Waals surface area contributed by atoms with Crippen molar-refractivity contribution in [3.63, 3.8) is 0 Å². The van der Waals surface area contributed by atoms with E-state index in [2.05, 4.69) is 20.2 Å². The predicted octanol–water partition coefficient (Wildman–Crippen LogP) is 4.55. The van der Waals surface area contributed by atoms with Crippen LogP contribution in [-0.4, -0.2) is 40.0 Å². The third kappa shape index (κ3) is 3.47. The summed E-state index contributed by atoms with van der Waals surface area (Å²) in [4.78, 5) is 11.4. The van der Waals surface area contributed by atoms with E-state index < -0.39 is 0 Å². The predicted molar refractivity (Wildman–Crippen MR) is 97.5 cm³/mol. The summed E-state index contributed by atoms with van der Waals surface area (Å²) >= 11 is 7.74. The number of fused-ring (bicyclic) bond motifs is 1. The molecular formula is C17H23ClN4S. The van der Waals surface area contributed by atoms with E-state index in [-0.39, 0.29) is 0 Å². The van der Waals surface area contributed by atoms with Crippen LogP contribution in [0.15, 0.2) is 11.4 Å². The van der Waals surface area contributed by atoms with E-state index in [1.807, 2.05) is 11.4 Å². The van der Waals surface area contributed by atoms with Gasteiger partial charge < -0.3 is 10.2 Å². The van der Waals surface area contributed by atoms with Gasteiger partial charge in [-0.1, -0.05) is 6.42 Å². The van der Waals surface area contributed by atoms with E-state index in [1.54, 1.807) is 11.3 Å². The first-order valence-corrected chi connectivity index (χ1v) is 9.97. The molecule has 0 aromatic carbocycles. The lowest BCUT2D eigenvalue weighted by molar-refractivity contribution is 0.127. The number of nitrogens with zero attached hydrogens (tertiary/aromatic N) is 3. The molecule has 0 bridgehead atoms. The lowest BCUT2D eigenvalue weighted by Crippen LogP contribution is -2.43. The van der Waals surface area contributed by atoms with Gasteiger partial charge >= 0.3 is 0 Å². The number of hydrogen-bond acceptors (Lipinski definition) is 5. The molecule has 4 rings (SSSR count). The van der Waals surface area contributed by atoms with Crippen molar-refractivity contribution in [2.24, 2.45) is 0 Å². The summed E-state index contributed by atoms with van der Waals surface area (Å²) in [6, 6.07) is 3.31. The molecule has 2 aromatic heterocycles. The van der Waals surface area contributed by atoms with E-state index >= 15 is 0 Å². The maximum Gasteiger partial charge on any atom is 0.224 e. The Morgan fingerprint density at radius 3 is 2.65 bits per heavy atom. The number of rotatable bonds is 3. The van der Waals surface area contributed by atoms with Gasteiger partial charge in [0.1, 0.15) is 5.82 Å². The van der Waals surface area contributed by atoms with Crippen LogP contribution in [0.2, 0.25) is 5.28 Å². The first-order chi connectivity index (χ1) is 11.3. The Morgan fingerprint density at radius 1 is 1.09 bits per heavy atom. The normalized spacial score (nSPS) is 26.5. The van der Waals surface area contributed by atoms with Gasteiger partial charge in [0.05, 0.1) is 10.2 Å². The highest BCUT2D eigenvalue weighted by atomic mass is 35.5. The smallest absolute Gasteiger partial charge is 0.224 e. The van der Waals surface area contributed by atoms with Crippen molar-refractivity contribution in [1.82, 2.24) is 14.9 Å². The monoisotopic (exact) mass is 350 g/mol. The largest absolute Gasteiger partial charge is 0.366 e. The van der Waals surface area contributed by atoms with Crippen LogP contribution in [0.1, 0.15) is 44.9 Å². The molecule has 0 atom stereocenters. The Labute approximate surface area is 146 Å². The summed E-state index contributed by atoms with van der Waals surface area (Å²) < 4.78 is 1.12. The van der Waals surface area contributed by atoms with Gasteiger partial charge in [-0.25, -0.2) is 4.98 Å². The number of halogens is 1. The summed E-state index contributed by atoms with van der Waals surface area (Å²) in [5, 5.41) is 6.01. The number of hydrogen-bond donors (Lipinski definition) is 1. The number of piperidine rings is 1. The highest BCUT2D eigenvalue weighted by Gasteiger charge is 2.27. The van der Waals surface area contributed by atoms with Crippen LogP contribution >= 0.6 is 22.9 Å². The molecule has 0 unspecified atom stereocenters. The van der Waals surface area contributed by atoms with Crippen LogP contribution in [-0.2, 0) is 0 Å². The molecule has 2 aliphatic rings. The van der Waals surface area contributed by atoms with Crippen molar-refractivity contribution >= 4 is 39.0 Å². The fourth-order valence-electron chi connectivity index (χ4n) is 4.00. The van der Waals surface area contributed by atoms with Gasteiger partial charge in [0.15, 0.2) is 0 Å². The van der Waals surface area contributed by atoms with E-state index in [0.717, 1.165) is 22.1 Å². The average Bonchev–Trinajstić information content (AvgIpc) is 3.05. The molecule has 6 heteroatoms. The van der Waals surface area contributed by atoms with Gasteiger partial charge in [0, 0.05) is 12.1 Å². The van der Waals surface area contributed by atoms with Crippen molar-refractivity contribution in [1.29, 1.82) is 0 Å². The minimum Gasteiger partial charge on any atom is -0.366 e. The van der Waals surface area contributed by atoms with Crippen LogP contribution in [0.4, 0.5) is 5.82 Å². The van der Waals surface area contributed by atoms with E-state index in [0.29, 0.717) is 11.3 Å². The van der Waals surface area contributed by atoms with E-state index in [1.165, 1.54) is 58.0 Å². The first kappa shape index (κ1) is 15.6. The summed E-state index contributed by atoms with van der Waals surface area (Å²) in [6.45, 7) is 2.61. The molecule has 4 nitrogen and oxygen atoms in total. The van der Waals surface area contributed by atoms with Crippen LogP contribution < -0.4 is 5.32 Å². The van der Waals surface area contributed by atoms with Crippen LogP contribution in [0.25, 0.3) is 10.2 Å². The average molecular weight is 351 g/mol. The molecule has 124 valence electrons. The minimum atomic E-state index is 0.334. The summed E-state index contributed by atoms with van der Waals surface area (Å²) in [5.74, 6) is 0.913. The van der Waals surface area contributed by atoms with E-state index in [9.17, 15) is 0 Å². The summed E-state index contributed by atoms with van der Waals surface area (Å²) in [5.41, 5.74) is 0.944. The Morgan fingerprint density at radius 2 is 1.87 bits per heavy atom. The number of likely N-dealkylation sites (tertiary alicyclic amines) is 1. The van der Waals surface area contributed by atoms with Gasteiger partial charge in [-0.05, 0) is 74.7 Å². The molecule has 0 spiro atoms. The minimum absolute atomic E-state index is 0.334. The van der Waals surface area contributed by atoms with Crippen molar-refractivity contribution in [2.45, 2.75) is 57.0 Å². The third-order valence-electron chi connectivity index (χ3n) is 5.22. The second-order valence-electron chi connectivity index (χ2n) is 6.72. The molecule has 0 radical (unpaired) electrons. The summed E-state index contributed by atoms with van der Waals surface area (Å²) in [7, 11) is 0. The van der Waals surface area contributed by atoms with Crippen LogP contribution in [0, 0.1) is 0 Å². The fraction of sp³-hybridized carbons (Fsp3) is 0.647. The van der Waals surface area contributed by atoms with E-state index in [4.69, 9.17) is 11.6 Å². The van der Waals surface area contributed by atoms with Crippen molar-refractivity contribution in [2.75, 3.05) is 18.4 Å². The second kappa shape index (κ2) is 6.91. The Bertz CT molecular complexity index is 660. The highest BCUT2D eigenvalue weighted by Crippen LogP contribution is 2.31. The standard InChI is InChI=1S/C17H23ClN4S/c18-17-20-14-8-11-23-15(14)16(21-17)19-12-4-6-13(7-5-12)22-9-2-1-3-10-22/h8,11-13H,1-7,9-10H2,(H,19,20,21)/t12-,13-. The first-order valence-electron chi connectivity index (χ1n) is 8.71. The van der Waals surface area contributed by atoms with Gasteiger partial charge in [-0.3, -0.25) is 0 Å². The molecule has 0 amide bonds. The molecule has 1 N–H and O–H groups in total. The molecule has 2 aromatic rings. The lowest BCUT2D eigenvalue weighted by atomic mass is 9.89. The lowest BCUT2D eigenvalue weighted by Gasteiger charge is -2.39. The second-order valence-corrected chi connectivity index (χ2v) is 7.98. The highest BCUT2D eigenvalue weighted by molar-refractivity contribution is 7.17. The van der Waals surface area contributed by atoms with Crippen molar-refractivity contribution < 1.29 is 0 Å². The SMILES string of the molecule is Clc1nc(N[C@H]2CC[C@H](N3CCCCC3)CC2)c2sccc2n1. The van der Waals surface area contributed by atoms with Crippen molar-refractivity contribution in [3.05, 3.63) is 16.7 Å². The Kier molecular flexibility index (Phi) is 4.69. The van der Waals surface area contributed by atoms with Crippen LogP contribution in [0.5, 0.6) is 0 Å². The molecule has 1 saturated heterocycles. The van der Waals surface area contributed by atoms with Crippen LogP contribution in [0.3, 0.4) is 0 Å². The van der Waals surface area contributed by atoms with Gasteiger partial charge in [0.2, 0.25) is 5.28 Å². The number of aromatic nitrogens is 2. The Hall–Kier alpha value is -0.910.